The molecule has 1 fully saturated rings. The van der Waals surface area contributed by atoms with Gasteiger partial charge in [-0.05, 0) is 50.5 Å². The van der Waals surface area contributed by atoms with Gasteiger partial charge in [-0.15, -0.1) is 0 Å². The summed E-state index contributed by atoms with van der Waals surface area (Å²) in [7, 11) is 1.85. The SMILES string of the molecule is CCN(CC(=O)N(C)c1ccccc1)CC1CCCNC1. The number of anilines is 1. The molecule has 21 heavy (non-hydrogen) atoms. The van der Waals surface area contributed by atoms with Crippen LogP contribution >= 0.6 is 0 Å². The first-order chi connectivity index (χ1) is 10.2. The lowest BCUT2D eigenvalue weighted by Crippen LogP contribution is -2.43. The lowest BCUT2D eigenvalue weighted by molar-refractivity contribution is -0.119. The molecule has 1 N–H and O–H groups in total. The molecular weight excluding hydrogens is 262 g/mol. The van der Waals surface area contributed by atoms with Crippen LogP contribution in [0.2, 0.25) is 0 Å². The van der Waals surface area contributed by atoms with Gasteiger partial charge in [0.05, 0.1) is 6.54 Å². The van der Waals surface area contributed by atoms with Crippen molar-refractivity contribution in [2.75, 3.05) is 44.7 Å². The maximum absolute atomic E-state index is 12.4. The Morgan fingerprint density at radius 1 is 1.33 bits per heavy atom. The number of hydrogen-bond donors (Lipinski definition) is 1. The largest absolute Gasteiger partial charge is 0.316 e. The molecule has 0 saturated carbocycles. The molecule has 1 saturated heterocycles. The standard InChI is InChI=1S/C17H27N3O/c1-3-20(13-15-8-7-11-18-12-15)14-17(21)19(2)16-9-5-4-6-10-16/h4-6,9-10,15,18H,3,7-8,11-14H2,1-2H3. The average molecular weight is 289 g/mol. The van der Waals surface area contributed by atoms with E-state index in [-0.39, 0.29) is 5.91 Å². The minimum absolute atomic E-state index is 0.159. The zero-order valence-electron chi connectivity index (χ0n) is 13.2. The van der Waals surface area contributed by atoms with Gasteiger partial charge in [-0.25, -0.2) is 0 Å². The molecule has 116 valence electrons. The van der Waals surface area contributed by atoms with Crippen molar-refractivity contribution in [2.45, 2.75) is 19.8 Å². The molecule has 1 aliphatic rings. The number of para-hydroxylation sites is 1. The van der Waals surface area contributed by atoms with Crippen LogP contribution in [0, 0.1) is 5.92 Å². The fourth-order valence-electron chi connectivity index (χ4n) is 2.84. The van der Waals surface area contributed by atoms with Crippen molar-refractivity contribution in [2.24, 2.45) is 5.92 Å². The fourth-order valence-corrected chi connectivity index (χ4v) is 2.84. The Kier molecular flexibility index (Phi) is 6.21. The van der Waals surface area contributed by atoms with Crippen molar-refractivity contribution in [1.82, 2.24) is 10.2 Å². The molecule has 1 atom stereocenters. The van der Waals surface area contributed by atoms with Crippen LogP contribution in [0.3, 0.4) is 0 Å². The van der Waals surface area contributed by atoms with Crippen LogP contribution in [0.5, 0.6) is 0 Å². The third-order valence-corrected chi connectivity index (χ3v) is 4.24. The number of carbonyl (C=O) groups excluding carboxylic acids is 1. The van der Waals surface area contributed by atoms with E-state index in [9.17, 15) is 4.79 Å². The lowest BCUT2D eigenvalue weighted by Gasteiger charge is -2.30. The highest BCUT2D eigenvalue weighted by atomic mass is 16.2. The predicted molar refractivity (Wildman–Crippen MR) is 87.6 cm³/mol. The summed E-state index contributed by atoms with van der Waals surface area (Å²) in [6.45, 7) is 6.78. The van der Waals surface area contributed by atoms with E-state index in [1.807, 2.05) is 37.4 Å². The minimum atomic E-state index is 0.159. The van der Waals surface area contributed by atoms with Gasteiger partial charge in [-0.1, -0.05) is 25.1 Å². The maximum atomic E-state index is 12.4. The molecule has 0 spiro atoms. The second kappa shape index (κ2) is 8.15. The Morgan fingerprint density at radius 2 is 2.10 bits per heavy atom. The monoisotopic (exact) mass is 289 g/mol. The molecule has 1 heterocycles. The Balaban J connectivity index is 1.86. The molecule has 0 aliphatic carbocycles. The van der Waals surface area contributed by atoms with Crippen LogP contribution in [0.1, 0.15) is 19.8 Å². The van der Waals surface area contributed by atoms with E-state index in [4.69, 9.17) is 0 Å². The Morgan fingerprint density at radius 3 is 2.71 bits per heavy atom. The summed E-state index contributed by atoms with van der Waals surface area (Å²) in [5, 5.41) is 3.44. The smallest absolute Gasteiger partial charge is 0.240 e. The van der Waals surface area contributed by atoms with Crippen molar-refractivity contribution in [3.8, 4) is 0 Å². The predicted octanol–water partition coefficient (Wildman–Crippen LogP) is 1.97. The van der Waals surface area contributed by atoms with E-state index < -0.39 is 0 Å². The average Bonchev–Trinajstić information content (AvgIpc) is 2.55. The third-order valence-electron chi connectivity index (χ3n) is 4.24. The maximum Gasteiger partial charge on any atom is 0.240 e. The van der Waals surface area contributed by atoms with Gasteiger partial charge in [-0.2, -0.15) is 0 Å². The molecule has 4 nitrogen and oxygen atoms in total. The third kappa shape index (κ3) is 4.83. The topological polar surface area (TPSA) is 35.6 Å². The van der Waals surface area contributed by atoms with Crippen LogP contribution in [0.25, 0.3) is 0 Å². The van der Waals surface area contributed by atoms with Crippen LogP contribution < -0.4 is 10.2 Å². The van der Waals surface area contributed by atoms with Crippen LogP contribution in [0.4, 0.5) is 5.69 Å². The molecule has 0 aromatic heterocycles. The molecule has 1 aromatic carbocycles. The van der Waals surface area contributed by atoms with Crippen molar-refractivity contribution < 1.29 is 4.79 Å². The van der Waals surface area contributed by atoms with Crippen LogP contribution in [-0.2, 0) is 4.79 Å². The molecule has 4 heteroatoms. The summed E-state index contributed by atoms with van der Waals surface area (Å²) in [5.41, 5.74) is 0.956. The van der Waals surface area contributed by atoms with E-state index in [1.54, 1.807) is 4.90 Å². The summed E-state index contributed by atoms with van der Waals surface area (Å²) >= 11 is 0. The highest BCUT2D eigenvalue weighted by Crippen LogP contribution is 2.14. The normalized spacial score (nSPS) is 18.7. The first-order valence-electron chi connectivity index (χ1n) is 7.95. The summed E-state index contributed by atoms with van der Waals surface area (Å²) in [5.74, 6) is 0.834. The van der Waals surface area contributed by atoms with E-state index in [0.717, 1.165) is 31.9 Å². The second-order valence-electron chi connectivity index (χ2n) is 5.83. The molecule has 2 rings (SSSR count). The molecule has 0 radical (unpaired) electrons. The molecule has 1 aromatic rings. The van der Waals surface area contributed by atoms with Crippen molar-refractivity contribution >= 4 is 11.6 Å². The Bertz CT molecular complexity index is 429. The second-order valence-corrected chi connectivity index (χ2v) is 5.83. The number of hydrogen-bond acceptors (Lipinski definition) is 3. The summed E-state index contributed by atoms with van der Waals surface area (Å²) in [6.07, 6.45) is 2.52. The summed E-state index contributed by atoms with van der Waals surface area (Å²) in [4.78, 5) is 16.4. The number of likely N-dealkylation sites (N-methyl/N-ethyl adjacent to an activating group) is 2. The van der Waals surface area contributed by atoms with Gasteiger partial charge in [0, 0.05) is 19.3 Å². The zero-order chi connectivity index (χ0) is 15.1. The molecule has 1 unspecified atom stereocenters. The first kappa shape index (κ1) is 16.0. The zero-order valence-corrected chi connectivity index (χ0v) is 13.2. The number of amides is 1. The quantitative estimate of drug-likeness (QED) is 0.870. The van der Waals surface area contributed by atoms with E-state index in [1.165, 1.54) is 12.8 Å². The summed E-state index contributed by atoms with van der Waals surface area (Å²) < 4.78 is 0. The van der Waals surface area contributed by atoms with E-state index in [0.29, 0.717) is 12.5 Å². The van der Waals surface area contributed by atoms with Gasteiger partial charge in [0.1, 0.15) is 0 Å². The molecule has 1 aliphatic heterocycles. The van der Waals surface area contributed by atoms with E-state index >= 15 is 0 Å². The van der Waals surface area contributed by atoms with Crippen molar-refractivity contribution in [3.63, 3.8) is 0 Å². The number of rotatable bonds is 6. The van der Waals surface area contributed by atoms with Gasteiger partial charge in [0.15, 0.2) is 0 Å². The van der Waals surface area contributed by atoms with Crippen LogP contribution in [0.15, 0.2) is 30.3 Å². The number of nitrogens with zero attached hydrogens (tertiary/aromatic N) is 2. The minimum Gasteiger partial charge on any atom is -0.316 e. The number of piperidine rings is 1. The van der Waals surface area contributed by atoms with E-state index in [2.05, 4.69) is 17.1 Å². The van der Waals surface area contributed by atoms with Crippen molar-refractivity contribution in [3.05, 3.63) is 30.3 Å². The fraction of sp³-hybridized carbons (Fsp3) is 0.588. The molecular formula is C17H27N3O. The summed E-state index contributed by atoms with van der Waals surface area (Å²) in [6, 6.07) is 9.84. The van der Waals surface area contributed by atoms with Gasteiger partial charge in [-0.3, -0.25) is 9.69 Å². The number of carbonyl (C=O) groups is 1. The Hall–Kier alpha value is -1.39. The first-order valence-corrected chi connectivity index (χ1v) is 7.95. The van der Waals surface area contributed by atoms with Gasteiger partial charge >= 0.3 is 0 Å². The number of benzene rings is 1. The Labute approximate surface area is 128 Å². The highest BCUT2D eigenvalue weighted by Gasteiger charge is 2.19. The number of nitrogens with one attached hydrogen (secondary N) is 1. The van der Waals surface area contributed by atoms with Gasteiger partial charge in [0.25, 0.3) is 0 Å². The van der Waals surface area contributed by atoms with Crippen LogP contribution in [-0.4, -0.2) is 50.6 Å². The molecule has 1 amide bonds. The van der Waals surface area contributed by atoms with Gasteiger partial charge < -0.3 is 10.2 Å². The lowest BCUT2D eigenvalue weighted by atomic mass is 9.99. The highest BCUT2D eigenvalue weighted by molar-refractivity contribution is 5.94. The van der Waals surface area contributed by atoms with Crippen molar-refractivity contribution in [1.29, 1.82) is 0 Å². The molecule has 0 bridgehead atoms. The van der Waals surface area contributed by atoms with Gasteiger partial charge in [0.2, 0.25) is 5.91 Å².